The van der Waals surface area contributed by atoms with E-state index in [2.05, 4.69) is 26.9 Å². The van der Waals surface area contributed by atoms with Crippen LogP contribution in [0.15, 0.2) is 34.3 Å². The lowest BCUT2D eigenvalue weighted by molar-refractivity contribution is 0.627. The molecule has 0 saturated heterocycles. The third-order valence-corrected chi connectivity index (χ3v) is 3.71. The molecule has 108 valence electrons. The fourth-order valence-electron chi connectivity index (χ4n) is 1.75. The van der Waals surface area contributed by atoms with Crippen LogP contribution in [-0.2, 0) is 0 Å². The zero-order chi connectivity index (χ0) is 15.4. The van der Waals surface area contributed by atoms with E-state index in [0.29, 0.717) is 27.1 Å². The second-order valence-electron chi connectivity index (χ2n) is 4.42. The topological polar surface area (TPSA) is 50.5 Å². The summed E-state index contributed by atoms with van der Waals surface area (Å²) in [7, 11) is 0. The van der Waals surface area contributed by atoms with Crippen molar-refractivity contribution in [3.8, 4) is 10.6 Å². The second kappa shape index (κ2) is 6.49. The number of nitrogens with zero attached hydrogens (tertiary/aromatic N) is 4. The van der Waals surface area contributed by atoms with Gasteiger partial charge in [-0.2, -0.15) is 0 Å². The van der Waals surface area contributed by atoms with E-state index in [1.165, 1.54) is 23.5 Å². The van der Waals surface area contributed by atoms with Crippen molar-refractivity contribution in [1.82, 2.24) is 10.2 Å². The van der Waals surface area contributed by atoms with Gasteiger partial charge in [0.15, 0.2) is 5.01 Å². The first-order chi connectivity index (χ1) is 10.0. The molecule has 6 heteroatoms. The highest BCUT2D eigenvalue weighted by Crippen LogP contribution is 2.29. The molecule has 0 aliphatic rings. The zero-order valence-electron chi connectivity index (χ0n) is 12.1. The summed E-state index contributed by atoms with van der Waals surface area (Å²) < 4.78 is 13.5. The molecular weight excluding hydrogens is 287 g/mol. The molecule has 1 heterocycles. The molecule has 0 amide bonds. The van der Waals surface area contributed by atoms with Crippen molar-refractivity contribution >= 4 is 29.6 Å². The van der Waals surface area contributed by atoms with E-state index in [-0.39, 0.29) is 5.82 Å². The number of halogens is 1. The molecule has 1 aromatic carbocycles. The SMILES string of the molecule is C=NC(C)=N/C(=C\C)c1nnc(-c2cc(C)cc(F)c2)s1. The molecule has 0 atom stereocenters. The van der Waals surface area contributed by atoms with Crippen LogP contribution in [0.2, 0.25) is 0 Å². The Kier molecular flexibility index (Phi) is 4.70. The van der Waals surface area contributed by atoms with Gasteiger partial charge in [-0.15, -0.1) is 10.2 Å². The minimum absolute atomic E-state index is 0.280. The van der Waals surface area contributed by atoms with E-state index < -0.39 is 0 Å². The van der Waals surface area contributed by atoms with Crippen LogP contribution in [0.4, 0.5) is 4.39 Å². The van der Waals surface area contributed by atoms with Gasteiger partial charge in [-0.1, -0.05) is 17.4 Å². The number of rotatable bonds is 3. The van der Waals surface area contributed by atoms with Gasteiger partial charge in [0.2, 0.25) is 0 Å². The Balaban J connectivity index is 2.39. The van der Waals surface area contributed by atoms with Crippen molar-refractivity contribution < 1.29 is 4.39 Å². The van der Waals surface area contributed by atoms with Crippen LogP contribution in [0, 0.1) is 12.7 Å². The maximum absolute atomic E-state index is 13.5. The zero-order valence-corrected chi connectivity index (χ0v) is 12.9. The number of hydrogen-bond donors (Lipinski definition) is 0. The summed E-state index contributed by atoms with van der Waals surface area (Å²) in [6, 6.07) is 4.81. The monoisotopic (exact) mass is 302 g/mol. The van der Waals surface area contributed by atoms with Crippen molar-refractivity contribution in [2.45, 2.75) is 20.8 Å². The molecule has 21 heavy (non-hydrogen) atoms. The number of benzene rings is 1. The lowest BCUT2D eigenvalue weighted by Gasteiger charge is -1.98. The first-order valence-corrected chi connectivity index (χ1v) is 7.15. The van der Waals surface area contributed by atoms with Crippen molar-refractivity contribution in [1.29, 1.82) is 0 Å². The first-order valence-electron chi connectivity index (χ1n) is 6.33. The fourth-order valence-corrected chi connectivity index (χ4v) is 2.60. The highest BCUT2D eigenvalue weighted by molar-refractivity contribution is 7.15. The molecule has 0 fully saturated rings. The summed E-state index contributed by atoms with van der Waals surface area (Å²) >= 11 is 1.36. The third kappa shape index (κ3) is 3.66. The summed E-state index contributed by atoms with van der Waals surface area (Å²) in [5.74, 6) is 0.277. The largest absolute Gasteiger partial charge is 0.249 e. The molecule has 0 bridgehead atoms. The molecule has 4 nitrogen and oxygen atoms in total. The predicted molar refractivity (Wildman–Crippen MR) is 86.3 cm³/mol. The summed E-state index contributed by atoms with van der Waals surface area (Å²) in [4.78, 5) is 8.06. The van der Waals surface area contributed by atoms with Gasteiger partial charge in [-0.3, -0.25) is 0 Å². The third-order valence-electron chi connectivity index (χ3n) is 2.72. The summed E-state index contributed by atoms with van der Waals surface area (Å²) in [5, 5.41) is 9.56. The molecule has 2 aromatic rings. The quantitative estimate of drug-likeness (QED) is 0.632. The van der Waals surface area contributed by atoms with Crippen molar-refractivity contribution in [2.24, 2.45) is 9.98 Å². The maximum atomic E-state index is 13.5. The van der Waals surface area contributed by atoms with Crippen LogP contribution in [0.1, 0.15) is 24.4 Å². The van der Waals surface area contributed by atoms with E-state index >= 15 is 0 Å². The Labute approximate surface area is 126 Å². The van der Waals surface area contributed by atoms with Crippen molar-refractivity contribution in [2.75, 3.05) is 0 Å². The Bertz CT molecular complexity index is 711. The number of aliphatic imine (C=N–C) groups is 2. The summed E-state index contributed by atoms with van der Waals surface area (Å²) in [6.45, 7) is 8.90. The number of aryl methyl sites for hydroxylation is 1. The molecule has 0 unspecified atom stereocenters. The van der Waals surface area contributed by atoms with Crippen LogP contribution in [-0.4, -0.2) is 22.8 Å². The number of allylic oxidation sites excluding steroid dienone is 1. The van der Waals surface area contributed by atoms with Gasteiger partial charge in [0.25, 0.3) is 0 Å². The normalized spacial score (nSPS) is 12.6. The number of hydrogen-bond acceptors (Lipinski definition) is 4. The molecule has 0 aliphatic carbocycles. The van der Waals surface area contributed by atoms with E-state index in [4.69, 9.17) is 0 Å². The highest BCUT2D eigenvalue weighted by atomic mass is 32.1. The van der Waals surface area contributed by atoms with Crippen molar-refractivity contribution in [3.05, 3.63) is 40.7 Å². The Morgan fingerprint density at radius 3 is 2.71 bits per heavy atom. The molecular formula is C15H15FN4S. The molecule has 0 saturated carbocycles. The van der Waals surface area contributed by atoms with Crippen LogP contribution < -0.4 is 0 Å². The molecule has 2 rings (SSSR count). The lowest BCUT2D eigenvalue weighted by Crippen LogP contribution is -1.87. The highest BCUT2D eigenvalue weighted by Gasteiger charge is 2.11. The van der Waals surface area contributed by atoms with Crippen LogP contribution >= 0.6 is 11.3 Å². The van der Waals surface area contributed by atoms with E-state index in [9.17, 15) is 4.39 Å². The van der Waals surface area contributed by atoms with Crippen LogP contribution in [0.25, 0.3) is 16.3 Å². The average Bonchev–Trinajstić information content (AvgIpc) is 2.93. The predicted octanol–water partition coefficient (Wildman–Crippen LogP) is 4.13. The fraction of sp³-hybridized carbons (Fsp3) is 0.200. The van der Waals surface area contributed by atoms with Crippen molar-refractivity contribution in [3.63, 3.8) is 0 Å². The maximum Gasteiger partial charge on any atom is 0.166 e. The lowest BCUT2D eigenvalue weighted by atomic mass is 10.1. The van der Waals surface area contributed by atoms with Gasteiger partial charge in [0.05, 0.1) is 5.70 Å². The van der Waals surface area contributed by atoms with E-state index in [1.807, 2.05) is 26.0 Å². The Hall–Kier alpha value is -2.21. The standard InChI is InChI=1S/C15H15FN4S/c1-5-13(18-10(3)17-4)15-20-19-14(21-15)11-6-9(2)7-12(16)8-11/h5-8H,4H2,1-3H3/b13-5-,18-10?. The van der Waals surface area contributed by atoms with Gasteiger partial charge in [-0.25, -0.2) is 14.4 Å². The second-order valence-corrected chi connectivity index (χ2v) is 5.40. The summed E-state index contributed by atoms with van der Waals surface area (Å²) in [5.41, 5.74) is 2.24. The van der Waals surface area contributed by atoms with Gasteiger partial charge < -0.3 is 0 Å². The van der Waals surface area contributed by atoms with Gasteiger partial charge in [0, 0.05) is 5.56 Å². The minimum Gasteiger partial charge on any atom is -0.249 e. The molecule has 1 aromatic heterocycles. The van der Waals surface area contributed by atoms with E-state index in [1.54, 1.807) is 6.92 Å². The average molecular weight is 302 g/mol. The van der Waals surface area contributed by atoms with Crippen LogP contribution in [0.3, 0.4) is 0 Å². The smallest absolute Gasteiger partial charge is 0.166 e. The van der Waals surface area contributed by atoms with Gasteiger partial charge in [-0.05, 0) is 51.3 Å². The van der Waals surface area contributed by atoms with Crippen LogP contribution in [0.5, 0.6) is 0 Å². The first kappa shape index (κ1) is 15.2. The summed E-state index contributed by atoms with van der Waals surface area (Å²) in [6.07, 6.45) is 1.83. The number of aromatic nitrogens is 2. The molecule has 0 spiro atoms. The van der Waals surface area contributed by atoms with E-state index in [0.717, 1.165) is 5.56 Å². The van der Waals surface area contributed by atoms with Gasteiger partial charge in [0.1, 0.15) is 16.7 Å². The molecule has 0 N–H and O–H groups in total. The Morgan fingerprint density at radius 1 is 1.33 bits per heavy atom. The molecule has 0 radical (unpaired) electrons. The number of amidine groups is 1. The Morgan fingerprint density at radius 2 is 2.10 bits per heavy atom. The van der Waals surface area contributed by atoms with Gasteiger partial charge >= 0.3 is 0 Å². The molecule has 0 aliphatic heterocycles. The minimum atomic E-state index is -0.280.